The van der Waals surface area contributed by atoms with Gasteiger partial charge in [-0.05, 0) is 0 Å². The van der Waals surface area contributed by atoms with E-state index in [1.54, 1.807) is 6.92 Å². The lowest BCUT2D eigenvalue weighted by molar-refractivity contribution is -0.141. The van der Waals surface area contributed by atoms with Crippen molar-refractivity contribution in [2.45, 2.75) is 13.8 Å². The number of hydrogen-bond acceptors (Lipinski definition) is 4. The number of hydrogen-bond donors (Lipinski definition) is 0. The van der Waals surface area contributed by atoms with Crippen LogP contribution in [0.2, 0.25) is 0 Å². The van der Waals surface area contributed by atoms with Crippen LogP contribution in [0.3, 0.4) is 0 Å². The van der Waals surface area contributed by atoms with E-state index in [-0.39, 0.29) is 18.3 Å². The predicted octanol–water partition coefficient (Wildman–Crippen LogP) is 0.754. The maximum absolute atomic E-state index is 10.5. The Hall–Kier alpha value is -0.290. The monoisotopic (exact) mass is 214 g/mol. The molecule has 0 saturated carbocycles. The average molecular weight is 215 g/mol. The minimum atomic E-state index is -3.49. The summed E-state index contributed by atoms with van der Waals surface area (Å²) in [6, 6.07) is 0. The number of carbonyl (C=O) groups is 1. The topological polar surface area (TPSA) is 60.4 Å². The summed E-state index contributed by atoms with van der Waals surface area (Å²) in [6.45, 7) is 2.99. The van der Waals surface area contributed by atoms with Crippen LogP contribution in [0.1, 0.15) is 13.8 Å². The third kappa shape index (κ3) is 7.81. The molecule has 0 unspecified atom stereocenters. The van der Waals surface area contributed by atoms with E-state index in [4.69, 9.17) is 10.7 Å². The molecule has 0 spiro atoms. The smallest absolute Gasteiger partial charge is 0.302 e. The molecule has 0 fully saturated rings. The van der Waals surface area contributed by atoms with Gasteiger partial charge in [0.2, 0.25) is 9.05 Å². The van der Waals surface area contributed by atoms with Crippen molar-refractivity contribution < 1.29 is 17.9 Å². The molecule has 0 aromatic carbocycles. The van der Waals surface area contributed by atoms with E-state index in [9.17, 15) is 13.2 Å². The predicted molar refractivity (Wildman–Crippen MR) is 45.4 cm³/mol. The highest BCUT2D eigenvalue weighted by Gasteiger charge is 2.13. The van der Waals surface area contributed by atoms with Gasteiger partial charge in [-0.3, -0.25) is 4.79 Å². The van der Waals surface area contributed by atoms with Crippen molar-refractivity contribution in [2.75, 3.05) is 12.4 Å². The van der Waals surface area contributed by atoms with Crippen LogP contribution in [0.15, 0.2) is 0 Å². The Morgan fingerprint density at radius 2 is 2.08 bits per heavy atom. The minimum Gasteiger partial charge on any atom is -0.466 e. The van der Waals surface area contributed by atoms with Crippen molar-refractivity contribution in [3.05, 3.63) is 0 Å². The fraction of sp³-hybridized carbons (Fsp3) is 0.833. The van der Waals surface area contributed by atoms with Gasteiger partial charge < -0.3 is 4.74 Å². The first-order valence-electron chi connectivity index (χ1n) is 3.37. The van der Waals surface area contributed by atoms with Gasteiger partial charge in [-0.25, -0.2) is 8.42 Å². The Kier molecular flexibility index (Phi) is 4.55. The first-order valence-corrected chi connectivity index (χ1v) is 5.85. The van der Waals surface area contributed by atoms with Crippen LogP contribution in [0.25, 0.3) is 0 Å². The summed E-state index contributed by atoms with van der Waals surface area (Å²) in [4.78, 5) is 10.3. The Morgan fingerprint density at radius 1 is 1.58 bits per heavy atom. The van der Waals surface area contributed by atoms with Gasteiger partial charge >= 0.3 is 5.97 Å². The normalized spacial score (nSPS) is 13.9. The van der Waals surface area contributed by atoms with Gasteiger partial charge in [0.05, 0.1) is 12.4 Å². The molecular weight excluding hydrogens is 204 g/mol. The Bertz CT molecular complexity index is 246. The summed E-state index contributed by atoms with van der Waals surface area (Å²) in [5, 5.41) is 0. The fourth-order valence-electron chi connectivity index (χ4n) is 0.648. The SMILES string of the molecule is CC(=O)OC[C@@H](C)CS(=O)(=O)Cl. The Balaban J connectivity index is 3.75. The lowest BCUT2D eigenvalue weighted by atomic mass is 10.2. The van der Waals surface area contributed by atoms with Gasteiger partial charge in [0.25, 0.3) is 0 Å². The van der Waals surface area contributed by atoms with Crippen LogP contribution < -0.4 is 0 Å². The zero-order chi connectivity index (χ0) is 9.78. The highest BCUT2D eigenvalue weighted by Crippen LogP contribution is 2.05. The molecule has 0 aliphatic rings. The molecule has 0 heterocycles. The molecule has 1 atom stereocenters. The number of esters is 1. The quantitative estimate of drug-likeness (QED) is 0.512. The molecule has 0 N–H and O–H groups in total. The summed E-state index contributed by atoms with van der Waals surface area (Å²) in [5.74, 6) is -0.868. The van der Waals surface area contributed by atoms with E-state index in [1.165, 1.54) is 6.92 Å². The first-order chi connectivity index (χ1) is 5.31. The maximum atomic E-state index is 10.5. The number of ether oxygens (including phenoxy) is 1. The largest absolute Gasteiger partial charge is 0.466 e. The second-order valence-corrected chi connectivity index (χ2v) is 5.43. The number of halogens is 1. The van der Waals surface area contributed by atoms with Crippen molar-refractivity contribution in [1.82, 2.24) is 0 Å². The molecule has 0 radical (unpaired) electrons. The molecule has 0 amide bonds. The third-order valence-electron chi connectivity index (χ3n) is 1.05. The van der Waals surface area contributed by atoms with Gasteiger partial charge in [0.15, 0.2) is 0 Å². The molecule has 0 aromatic heterocycles. The van der Waals surface area contributed by atoms with E-state index >= 15 is 0 Å². The highest BCUT2D eigenvalue weighted by atomic mass is 35.7. The zero-order valence-electron chi connectivity index (χ0n) is 6.91. The molecule has 72 valence electrons. The summed E-state index contributed by atoms with van der Waals surface area (Å²) >= 11 is 0. The van der Waals surface area contributed by atoms with Crippen molar-refractivity contribution in [3.63, 3.8) is 0 Å². The van der Waals surface area contributed by atoms with E-state index in [2.05, 4.69) is 4.74 Å². The van der Waals surface area contributed by atoms with Crippen molar-refractivity contribution in [3.8, 4) is 0 Å². The molecule has 6 heteroatoms. The van der Waals surface area contributed by atoms with Crippen LogP contribution in [-0.4, -0.2) is 26.7 Å². The molecule has 4 nitrogen and oxygen atoms in total. The highest BCUT2D eigenvalue weighted by molar-refractivity contribution is 8.13. The van der Waals surface area contributed by atoms with Crippen LogP contribution >= 0.6 is 10.7 Å². The van der Waals surface area contributed by atoms with E-state index < -0.39 is 15.0 Å². The Labute approximate surface area is 76.3 Å². The van der Waals surface area contributed by atoms with Gasteiger partial charge in [0, 0.05) is 23.5 Å². The average Bonchev–Trinajstić information content (AvgIpc) is 1.79. The summed E-state index contributed by atoms with van der Waals surface area (Å²) in [7, 11) is 1.48. The molecular formula is C6H11ClO4S. The van der Waals surface area contributed by atoms with Gasteiger partial charge in [-0.1, -0.05) is 6.92 Å². The molecule has 12 heavy (non-hydrogen) atoms. The van der Waals surface area contributed by atoms with Gasteiger partial charge in [-0.15, -0.1) is 0 Å². The second kappa shape index (κ2) is 4.67. The molecule has 0 aromatic rings. The van der Waals surface area contributed by atoms with Crippen LogP contribution in [0, 0.1) is 5.92 Å². The van der Waals surface area contributed by atoms with Crippen molar-refractivity contribution >= 4 is 25.7 Å². The van der Waals surface area contributed by atoms with Crippen molar-refractivity contribution in [1.29, 1.82) is 0 Å². The number of rotatable bonds is 4. The number of carbonyl (C=O) groups excluding carboxylic acids is 1. The fourth-order valence-corrected chi connectivity index (χ4v) is 2.07. The van der Waals surface area contributed by atoms with Crippen LogP contribution in [0.4, 0.5) is 0 Å². The lowest BCUT2D eigenvalue weighted by Gasteiger charge is -2.07. The maximum Gasteiger partial charge on any atom is 0.302 e. The standard InChI is InChI=1S/C6H11ClO4S/c1-5(3-11-6(2)8)4-12(7,9)10/h5H,3-4H2,1-2H3/t5-/m1/s1. The van der Waals surface area contributed by atoms with E-state index in [1.807, 2.05) is 0 Å². The zero-order valence-corrected chi connectivity index (χ0v) is 8.48. The molecule has 0 saturated heterocycles. The molecule has 0 rings (SSSR count). The lowest BCUT2D eigenvalue weighted by Crippen LogP contribution is -2.16. The van der Waals surface area contributed by atoms with Crippen molar-refractivity contribution in [2.24, 2.45) is 5.92 Å². The molecule has 0 aliphatic heterocycles. The Morgan fingerprint density at radius 3 is 2.42 bits per heavy atom. The molecule has 0 aliphatic carbocycles. The van der Waals surface area contributed by atoms with Crippen LogP contribution in [-0.2, 0) is 18.6 Å². The first kappa shape index (κ1) is 11.7. The molecule has 0 bridgehead atoms. The van der Waals surface area contributed by atoms with E-state index in [0.29, 0.717) is 0 Å². The third-order valence-corrected chi connectivity index (χ3v) is 2.40. The summed E-state index contributed by atoms with van der Waals surface area (Å²) in [6.07, 6.45) is 0. The van der Waals surface area contributed by atoms with E-state index in [0.717, 1.165) is 0 Å². The van der Waals surface area contributed by atoms with Gasteiger partial charge in [-0.2, -0.15) is 0 Å². The van der Waals surface area contributed by atoms with Gasteiger partial charge in [0.1, 0.15) is 0 Å². The van der Waals surface area contributed by atoms with Crippen LogP contribution in [0.5, 0.6) is 0 Å². The minimum absolute atomic E-state index is 0.0846. The summed E-state index contributed by atoms with van der Waals surface area (Å²) in [5.41, 5.74) is 0. The summed E-state index contributed by atoms with van der Waals surface area (Å²) < 4.78 is 25.6. The second-order valence-electron chi connectivity index (χ2n) is 2.61.